The molecular weight excluding hydrogens is 261 g/mol. The van der Waals surface area contributed by atoms with Gasteiger partial charge in [0.25, 0.3) is 0 Å². The Morgan fingerprint density at radius 2 is 2.00 bits per heavy atom. The van der Waals surface area contributed by atoms with Crippen molar-refractivity contribution in [2.45, 2.75) is 32.3 Å². The number of hydrogen-bond acceptors (Lipinski definition) is 3. The topological polar surface area (TPSA) is 55.4 Å². The molecule has 0 bridgehead atoms. The van der Waals surface area contributed by atoms with Crippen molar-refractivity contribution in [3.8, 4) is 0 Å². The fourth-order valence-corrected chi connectivity index (χ4v) is 2.41. The molecule has 0 unspecified atom stereocenters. The van der Waals surface area contributed by atoms with E-state index in [2.05, 4.69) is 5.32 Å². The van der Waals surface area contributed by atoms with Gasteiger partial charge in [0.1, 0.15) is 5.82 Å². The molecular formula is C15H18FNO3. The molecule has 1 saturated heterocycles. The zero-order valence-corrected chi connectivity index (χ0v) is 11.6. The van der Waals surface area contributed by atoms with E-state index in [1.165, 1.54) is 12.1 Å². The van der Waals surface area contributed by atoms with Crippen LogP contribution in [0.2, 0.25) is 0 Å². The van der Waals surface area contributed by atoms with E-state index in [9.17, 15) is 14.0 Å². The summed E-state index contributed by atoms with van der Waals surface area (Å²) in [5.41, 5.74) is 0.784. The normalized spacial score (nSPS) is 22.5. The van der Waals surface area contributed by atoms with Crippen molar-refractivity contribution in [2.24, 2.45) is 5.92 Å². The van der Waals surface area contributed by atoms with Crippen LogP contribution in [0.3, 0.4) is 0 Å². The van der Waals surface area contributed by atoms with E-state index in [0.29, 0.717) is 0 Å². The van der Waals surface area contributed by atoms with Crippen molar-refractivity contribution in [1.29, 1.82) is 0 Å². The number of carbonyl (C=O) groups is 2. The van der Waals surface area contributed by atoms with Gasteiger partial charge in [0.15, 0.2) is 0 Å². The highest BCUT2D eigenvalue weighted by Crippen LogP contribution is 2.32. The van der Waals surface area contributed by atoms with Gasteiger partial charge in [0.2, 0.25) is 5.91 Å². The molecule has 2 atom stereocenters. The van der Waals surface area contributed by atoms with Crippen LogP contribution in [0.4, 0.5) is 4.39 Å². The van der Waals surface area contributed by atoms with E-state index < -0.39 is 5.92 Å². The van der Waals surface area contributed by atoms with Gasteiger partial charge in [0, 0.05) is 18.9 Å². The number of ether oxygens (including phenoxy) is 1. The Balaban J connectivity index is 2.22. The van der Waals surface area contributed by atoms with Crippen molar-refractivity contribution in [3.05, 3.63) is 35.6 Å². The molecule has 0 spiro atoms. The number of hydrogen-bond donors (Lipinski definition) is 1. The van der Waals surface area contributed by atoms with Crippen molar-refractivity contribution >= 4 is 11.9 Å². The minimum atomic E-state index is -0.430. The lowest BCUT2D eigenvalue weighted by Gasteiger charge is -2.30. The number of esters is 1. The number of rotatable bonds is 3. The molecule has 1 N–H and O–H groups in total. The van der Waals surface area contributed by atoms with Crippen molar-refractivity contribution in [2.75, 3.05) is 6.54 Å². The molecule has 1 heterocycles. The van der Waals surface area contributed by atoms with Gasteiger partial charge in [-0.2, -0.15) is 0 Å². The Labute approximate surface area is 117 Å². The van der Waals surface area contributed by atoms with Crippen LogP contribution in [0.15, 0.2) is 24.3 Å². The molecule has 4 nitrogen and oxygen atoms in total. The Bertz CT molecular complexity index is 498. The van der Waals surface area contributed by atoms with E-state index >= 15 is 0 Å². The fraction of sp³-hybridized carbons (Fsp3) is 0.467. The van der Waals surface area contributed by atoms with E-state index in [-0.39, 0.29) is 42.7 Å². The molecule has 0 saturated carbocycles. The number of piperidine rings is 1. The number of carbonyl (C=O) groups excluding carboxylic acids is 2. The zero-order valence-electron chi connectivity index (χ0n) is 11.6. The van der Waals surface area contributed by atoms with Crippen LogP contribution in [-0.4, -0.2) is 24.5 Å². The molecule has 0 radical (unpaired) electrons. The van der Waals surface area contributed by atoms with Crippen LogP contribution in [0, 0.1) is 11.7 Å². The lowest BCUT2D eigenvalue weighted by molar-refractivity contribution is -0.154. The minimum Gasteiger partial charge on any atom is -0.463 e. The second-order valence-corrected chi connectivity index (χ2v) is 5.26. The average molecular weight is 279 g/mol. The summed E-state index contributed by atoms with van der Waals surface area (Å²) in [6.07, 6.45) is 0.0118. The summed E-state index contributed by atoms with van der Waals surface area (Å²) in [7, 11) is 0. The average Bonchev–Trinajstić information content (AvgIpc) is 2.38. The van der Waals surface area contributed by atoms with E-state index in [1.807, 2.05) is 0 Å². The summed E-state index contributed by atoms with van der Waals surface area (Å²) in [5, 5.41) is 2.68. The smallest absolute Gasteiger partial charge is 0.311 e. The van der Waals surface area contributed by atoms with Gasteiger partial charge in [-0.05, 0) is 31.5 Å². The highest BCUT2D eigenvalue weighted by Gasteiger charge is 2.36. The summed E-state index contributed by atoms with van der Waals surface area (Å²) in [5.74, 6) is -1.46. The first-order valence-electron chi connectivity index (χ1n) is 6.70. The molecule has 1 amide bonds. The summed E-state index contributed by atoms with van der Waals surface area (Å²) in [4.78, 5) is 23.7. The maximum atomic E-state index is 13.0. The molecule has 1 aromatic carbocycles. The predicted molar refractivity (Wildman–Crippen MR) is 71.5 cm³/mol. The first-order valence-corrected chi connectivity index (χ1v) is 6.70. The Morgan fingerprint density at radius 1 is 1.35 bits per heavy atom. The van der Waals surface area contributed by atoms with E-state index in [4.69, 9.17) is 4.74 Å². The number of amides is 1. The molecule has 1 fully saturated rings. The highest BCUT2D eigenvalue weighted by atomic mass is 19.1. The highest BCUT2D eigenvalue weighted by molar-refractivity contribution is 5.83. The minimum absolute atomic E-state index is 0.104. The Kier molecular flexibility index (Phi) is 4.37. The molecule has 20 heavy (non-hydrogen) atoms. The molecule has 0 aliphatic carbocycles. The van der Waals surface area contributed by atoms with Gasteiger partial charge in [-0.25, -0.2) is 4.39 Å². The lowest BCUT2D eigenvalue weighted by Crippen LogP contribution is -2.44. The number of halogens is 1. The molecule has 1 aliphatic heterocycles. The van der Waals surface area contributed by atoms with E-state index in [0.717, 1.165) is 5.56 Å². The van der Waals surface area contributed by atoms with Gasteiger partial charge in [-0.15, -0.1) is 0 Å². The van der Waals surface area contributed by atoms with Crippen LogP contribution in [-0.2, 0) is 14.3 Å². The quantitative estimate of drug-likeness (QED) is 0.861. The summed E-state index contributed by atoms with van der Waals surface area (Å²) < 4.78 is 18.2. The van der Waals surface area contributed by atoms with E-state index in [1.54, 1.807) is 26.0 Å². The molecule has 5 heteroatoms. The Morgan fingerprint density at radius 3 is 2.60 bits per heavy atom. The molecule has 1 aliphatic rings. The molecule has 108 valence electrons. The van der Waals surface area contributed by atoms with Gasteiger partial charge in [-0.3, -0.25) is 9.59 Å². The van der Waals surface area contributed by atoms with Crippen molar-refractivity contribution in [3.63, 3.8) is 0 Å². The SMILES string of the molecule is CC(C)OC(=O)[C@H]1CNC(=O)C[C@@H]1c1ccc(F)cc1. The van der Waals surface area contributed by atoms with Gasteiger partial charge in [0.05, 0.1) is 12.0 Å². The maximum Gasteiger partial charge on any atom is 0.311 e. The fourth-order valence-electron chi connectivity index (χ4n) is 2.41. The molecule has 0 aromatic heterocycles. The summed E-state index contributed by atoms with van der Waals surface area (Å²) >= 11 is 0. The van der Waals surface area contributed by atoms with Crippen molar-refractivity contribution < 1.29 is 18.7 Å². The van der Waals surface area contributed by atoms with Crippen molar-refractivity contribution in [1.82, 2.24) is 5.32 Å². The van der Waals surface area contributed by atoms with Gasteiger partial charge in [-0.1, -0.05) is 12.1 Å². The largest absolute Gasteiger partial charge is 0.463 e. The van der Waals surface area contributed by atoms with Crippen LogP contribution < -0.4 is 5.32 Å². The molecule has 1 aromatic rings. The second kappa shape index (κ2) is 6.03. The number of benzene rings is 1. The Hall–Kier alpha value is -1.91. The standard InChI is InChI=1S/C15H18FNO3/c1-9(2)20-15(19)13-8-17-14(18)7-12(13)10-3-5-11(16)6-4-10/h3-6,9,12-13H,7-8H2,1-2H3,(H,17,18)/t12-,13+/m1/s1. The van der Waals surface area contributed by atoms with Gasteiger partial charge < -0.3 is 10.1 Å². The third kappa shape index (κ3) is 3.35. The number of nitrogens with one attached hydrogen (secondary N) is 1. The predicted octanol–water partition coefficient (Wildman–Crippen LogP) is 2.00. The van der Waals surface area contributed by atoms with Crippen LogP contribution in [0.1, 0.15) is 31.7 Å². The maximum absolute atomic E-state index is 13.0. The van der Waals surface area contributed by atoms with Gasteiger partial charge >= 0.3 is 5.97 Å². The molecule has 2 rings (SSSR count). The van der Waals surface area contributed by atoms with Crippen LogP contribution in [0.5, 0.6) is 0 Å². The first kappa shape index (κ1) is 14.5. The lowest BCUT2D eigenvalue weighted by atomic mass is 9.81. The second-order valence-electron chi connectivity index (χ2n) is 5.26. The summed E-state index contributed by atoms with van der Waals surface area (Å²) in [6.45, 7) is 3.82. The van der Waals surface area contributed by atoms with Crippen LogP contribution in [0.25, 0.3) is 0 Å². The zero-order chi connectivity index (χ0) is 14.7. The monoisotopic (exact) mass is 279 g/mol. The van der Waals surface area contributed by atoms with Crippen LogP contribution >= 0.6 is 0 Å². The summed E-state index contributed by atoms with van der Waals surface area (Å²) in [6, 6.07) is 5.92. The first-order chi connectivity index (χ1) is 9.47. The third-order valence-corrected chi connectivity index (χ3v) is 3.36. The third-order valence-electron chi connectivity index (χ3n) is 3.36.